The molecule has 24 heavy (non-hydrogen) atoms. The Morgan fingerprint density at radius 3 is 2.96 bits per heavy atom. The molecule has 2 aromatic rings. The summed E-state index contributed by atoms with van der Waals surface area (Å²) in [4.78, 5) is 10.7. The Morgan fingerprint density at radius 1 is 1.58 bits per heavy atom. The van der Waals surface area contributed by atoms with Crippen LogP contribution in [0.15, 0.2) is 17.2 Å². The summed E-state index contributed by atoms with van der Waals surface area (Å²) in [5, 5.41) is 19.8. The molecule has 0 fully saturated rings. The van der Waals surface area contributed by atoms with Crippen LogP contribution >= 0.6 is 34.8 Å². The van der Waals surface area contributed by atoms with Gasteiger partial charge in [0.2, 0.25) is 4.77 Å². The number of nitrogens with zero attached hydrogens (tertiary/aromatic N) is 3. The van der Waals surface area contributed by atoms with Crippen LogP contribution in [-0.4, -0.2) is 45.9 Å². The Kier molecular flexibility index (Phi) is 6.31. The molecule has 2 N–H and O–H groups in total. The molecule has 0 aliphatic heterocycles. The predicted octanol–water partition coefficient (Wildman–Crippen LogP) is 2.46. The first-order chi connectivity index (χ1) is 11.5. The Bertz CT molecular complexity index is 831. The van der Waals surface area contributed by atoms with Gasteiger partial charge in [0.1, 0.15) is 0 Å². The molecule has 8 nitrogen and oxygen atoms in total. The van der Waals surface area contributed by atoms with Crippen molar-refractivity contribution in [3.63, 3.8) is 0 Å². The first-order valence-electron chi connectivity index (χ1n) is 6.89. The van der Waals surface area contributed by atoms with E-state index in [0.29, 0.717) is 26.3 Å². The third-order valence-electron chi connectivity index (χ3n) is 2.95. The van der Waals surface area contributed by atoms with E-state index in [1.165, 1.54) is 7.11 Å². The third kappa shape index (κ3) is 4.32. The van der Waals surface area contributed by atoms with Crippen molar-refractivity contribution in [1.29, 1.82) is 0 Å². The van der Waals surface area contributed by atoms with Gasteiger partial charge >= 0.3 is 5.97 Å². The number of carboxylic acids is 1. The van der Waals surface area contributed by atoms with E-state index in [0.717, 1.165) is 11.4 Å². The van der Waals surface area contributed by atoms with Gasteiger partial charge < -0.3 is 14.6 Å². The van der Waals surface area contributed by atoms with E-state index in [2.05, 4.69) is 37.9 Å². The zero-order valence-electron chi connectivity index (χ0n) is 12.9. The van der Waals surface area contributed by atoms with Crippen molar-refractivity contribution < 1.29 is 19.4 Å². The van der Waals surface area contributed by atoms with Crippen LogP contribution in [0.5, 0.6) is 11.5 Å². The number of aryl methyl sites for hydroxylation is 1. The maximum absolute atomic E-state index is 10.7. The highest BCUT2D eigenvalue weighted by Crippen LogP contribution is 2.33. The average molecular weight is 462 g/mol. The van der Waals surface area contributed by atoms with Crippen LogP contribution in [0.1, 0.15) is 18.3 Å². The molecule has 1 aromatic heterocycles. The number of hydrogen-bond acceptors (Lipinski definition) is 6. The molecule has 128 valence electrons. The van der Waals surface area contributed by atoms with E-state index in [-0.39, 0.29) is 0 Å². The smallest absolute Gasteiger partial charge is 0.341 e. The number of methoxy groups -OCH3 is 1. The number of H-pyrrole nitrogens is 1. The largest absolute Gasteiger partial charge is 0.493 e. The number of nitrogens with one attached hydrogen (secondary N) is 1. The van der Waals surface area contributed by atoms with Crippen LogP contribution in [0.3, 0.4) is 0 Å². The van der Waals surface area contributed by atoms with Crippen LogP contribution in [0.4, 0.5) is 0 Å². The summed E-state index contributed by atoms with van der Waals surface area (Å²) >= 11 is 7.19. The SMILES string of the molecule is CCc1n[nH]c(=S)n1/N=C\c1cc(I)c(OCC(=O)O)c(OC)c1. The fourth-order valence-electron chi connectivity index (χ4n) is 1.88. The first kappa shape index (κ1) is 18.4. The lowest BCUT2D eigenvalue weighted by Gasteiger charge is -2.12. The van der Waals surface area contributed by atoms with Crippen molar-refractivity contribution >= 4 is 47.0 Å². The van der Waals surface area contributed by atoms with Gasteiger partial charge in [-0.15, -0.1) is 0 Å². The Labute approximate surface area is 156 Å². The lowest BCUT2D eigenvalue weighted by molar-refractivity contribution is -0.139. The molecule has 10 heteroatoms. The molecule has 0 spiro atoms. The van der Waals surface area contributed by atoms with E-state index in [9.17, 15) is 4.79 Å². The standard InChI is InChI=1S/C14H15IN4O4S/c1-3-11-17-18-14(24)19(11)16-6-8-4-9(15)13(10(5-8)22-2)23-7-12(20)21/h4-6H,3,7H2,1-2H3,(H,18,24)(H,20,21)/b16-6-. The van der Waals surface area contributed by atoms with Crippen molar-refractivity contribution in [2.24, 2.45) is 5.10 Å². The minimum absolute atomic E-state index is 0.381. The number of aromatic nitrogens is 3. The summed E-state index contributed by atoms with van der Waals surface area (Å²) < 4.78 is 13.2. The number of hydrogen-bond donors (Lipinski definition) is 2. The number of halogens is 1. The van der Waals surface area contributed by atoms with Crippen molar-refractivity contribution in [3.8, 4) is 11.5 Å². The fourth-order valence-corrected chi connectivity index (χ4v) is 2.86. The molecule has 0 aliphatic rings. The number of rotatable bonds is 7. The molecule has 0 bridgehead atoms. The Hall–Kier alpha value is -1.95. The highest BCUT2D eigenvalue weighted by atomic mass is 127. The van der Waals surface area contributed by atoms with Gasteiger partial charge in [0.05, 0.1) is 16.9 Å². The molecule has 0 unspecified atom stereocenters. The van der Waals surface area contributed by atoms with Gasteiger partial charge in [-0.2, -0.15) is 14.9 Å². The molecular formula is C14H15IN4O4S. The molecule has 0 saturated heterocycles. The van der Waals surface area contributed by atoms with Crippen molar-refractivity contribution in [2.45, 2.75) is 13.3 Å². The summed E-state index contributed by atoms with van der Waals surface area (Å²) in [6.45, 7) is 1.52. The molecule has 1 aromatic carbocycles. The molecule has 0 amide bonds. The van der Waals surface area contributed by atoms with Crippen molar-refractivity contribution in [3.05, 3.63) is 31.9 Å². The summed E-state index contributed by atoms with van der Waals surface area (Å²) in [6.07, 6.45) is 2.31. The van der Waals surface area contributed by atoms with Gasteiger partial charge in [0.15, 0.2) is 23.9 Å². The normalized spacial score (nSPS) is 11.0. The molecule has 0 aliphatic carbocycles. The Morgan fingerprint density at radius 2 is 2.33 bits per heavy atom. The van der Waals surface area contributed by atoms with Crippen molar-refractivity contribution in [1.82, 2.24) is 14.9 Å². The lowest BCUT2D eigenvalue weighted by atomic mass is 10.2. The van der Waals surface area contributed by atoms with Crippen LogP contribution in [-0.2, 0) is 11.2 Å². The predicted molar refractivity (Wildman–Crippen MR) is 98.6 cm³/mol. The minimum atomic E-state index is -1.06. The first-order valence-corrected chi connectivity index (χ1v) is 8.37. The number of benzene rings is 1. The highest BCUT2D eigenvalue weighted by molar-refractivity contribution is 14.1. The van der Waals surface area contributed by atoms with E-state index in [1.807, 2.05) is 6.92 Å². The van der Waals surface area contributed by atoms with Crippen molar-refractivity contribution in [2.75, 3.05) is 13.7 Å². The van der Waals surface area contributed by atoms with Crippen LogP contribution < -0.4 is 9.47 Å². The van der Waals surface area contributed by atoms with Gasteiger partial charge in [-0.25, -0.2) is 4.79 Å². The molecule has 0 radical (unpaired) electrons. The number of carboxylic acid groups (broad SMARTS) is 1. The monoisotopic (exact) mass is 462 g/mol. The van der Waals surface area contributed by atoms with Crippen LogP contribution in [0.2, 0.25) is 0 Å². The molecule has 0 atom stereocenters. The zero-order chi connectivity index (χ0) is 17.7. The highest BCUT2D eigenvalue weighted by Gasteiger charge is 2.13. The number of carbonyl (C=O) groups is 1. The number of ether oxygens (including phenoxy) is 2. The van der Waals surface area contributed by atoms with Gasteiger partial charge in [0.25, 0.3) is 0 Å². The van der Waals surface area contributed by atoms with E-state index < -0.39 is 12.6 Å². The number of aromatic amines is 1. The number of aliphatic carboxylic acids is 1. The third-order valence-corrected chi connectivity index (χ3v) is 4.01. The quantitative estimate of drug-likeness (QED) is 0.373. The summed E-state index contributed by atoms with van der Waals surface area (Å²) in [5.41, 5.74) is 0.754. The molecule has 1 heterocycles. The maximum atomic E-state index is 10.7. The molecular weight excluding hydrogens is 447 g/mol. The summed E-state index contributed by atoms with van der Waals surface area (Å²) in [7, 11) is 1.49. The second-order valence-corrected chi connectivity index (χ2v) is 6.12. The molecule has 0 saturated carbocycles. The van der Waals surface area contributed by atoms with Gasteiger partial charge in [-0.05, 0) is 52.5 Å². The van der Waals surface area contributed by atoms with E-state index in [1.54, 1.807) is 23.0 Å². The Balaban J connectivity index is 2.33. The second kappa shape index (κ2) is 8.24. The van der Waals surface area contributed by atoms with Gasteiger partial charge in [0, 0.05) is 6.42 Å². The van der Waals surface area contributed by atoms with Crippen LogP contribution in [0, 0.1) is 8.34 Å². The summed E-state index contributed by atoms with van der Waals surface area (Å²) in [5.74, 6) is 0.474. The van der Waals surface area contributed by atoms with Gasteiger partial charge in [-0.3, -0.25) is 5.10 Å². The molecule has 2 rings (SSSR count). The van der Waals surface area contributed by atoms with E-state index >= 15 is 0 Å². The minimum Gasteiger partial charge on any atom is -0.493 e. The topological polar surface area (TPSA) is 102 Å². The average Bonchev–Trinajstić information content (AvgIpc) is 2.91. The summed E-state index contributed by atoms with van der Waals surface area (Å²) in [6, 6.07) is 3.51. The second-order valence-electron chi connectivity index (χ2n) is 4.57. The maximum Gasteiger partial charge on any atom is 0.341 e. The zero-order valence-corrected chi connectivity index (χ0v) is 15.9. The van der Waals surface area contributed by atoms with Gasteiger partial charge in [-0.1, -0.05) is 6.92 Å². The van der Waals surface area contributed by atoms with Crippen LogP contribution in [0.25, 0.3) is 0 Å². The fraction of sp³-hybridized carbons (Fsp3) is 0.286. The lowest BCUT2D eigenvalue weighted by Crippen LogP contribution is -2.11. The van der Waals surface area contributed by atoms with E-state index in [4.69, 9.17) is 26.8 Å².